The average molecular weight is 420 g/mol. The lowest BCUT2D eigenvalue weighted by Crippen LogP contribution is -2.47. The van der Waals surface area contributed by atoms with E-state index >= 15 is 0 Å². The first-order valence-electron chi connectivity index (χ1n) is 10.9. The number of carbonyl (C=O) groups excluding carboxylic acids is 1. The molecule has 160 valence electrons. The number of fused-ring (bicyclic) bond motifs is 2. The predicted octanol–water partition coefficient (Wildman–Crippen LogP) is 2.02. The largest absolute Gasteiger partial charge is 0.340 e. The van der Waals surface area contributed by atoms with Gasteiger partial charge in [0.05, 0.1) is 5.75 Å². The number of benzene rings is 1. The molecule has 0 saturated carbocycles. The minimum Gasteiger partial charge on any atom is -0.340 e. The van der Waals surface area contributed by atoms with Crippen LogP contribution in [0.1, 0.15) is 49.7 Å². The summed E-state index contributed by atoms with van der Waals surface area (Å²) in [6, 6.07) is 8.54. The smallest absolute Gasteiger partial charge is 0.223 e. The summed E-state index contributed by atoms with van der Waals surface area (Å²) < 4.78 is 26.2. The maximum absolute atomic E-state index is 13.0. The van der Waals surface area contributed by atoms with Gasteiger partial charge in [0.2, 0.25) is 15.9 Å². The Kier molecular flexibility index (Phi) is 5.75. The molecule has 1 aromatic rings. The second-order valence-corrected chi connectivity index (χ2v) is 11.2. The Morgan fingerprint density at radius 3 is 2.38 bits per heavy atom. The van der Waals surface area contributed by atoms with Crippen LogP contribution in [0.4, 0.5) is 0 Å². The third-order valence-electron chi connectivity index (χ3n) is 7.32. The lowest BCUT2D eigenvalue weighted by molar-refractivity contribution is -0.133. The van der Waals surface area contributed by atoms with Crippen LogP contribution in [0.3, 0.4) is 0 Å². The van der Waals surface area contributed by atoms with Crippen molar-refractivity contribution in [3.63, 3.8) is 0 Å². The molecule has 2 saturated heterocycles. The number of piperazine rings is 1. The van der Waals surface area contributed by atoms with E-state index in [2.05, 4.69) is 36.2 Å². The van der Waals surface area contributed by atoms with Gasteiger partial charge in [-0.05, 0) is 55.7 Å². The summed E-state index contributed by atoms with van der Waals surface area (Å²) in [5.41, 5.74) is 2.68. The van der Waals surface area contributed by atoms with Crippen molar-refractivity contribution in [3.05, 3.63) is 35.4 Å². The Morgan fingerprint density at radius 1 is 1.07 bits per heavy atom. The topological polar surface area (TPSA) is 60.9 Å². The molecule has 0 aromatic heterocycles. The number of carbonyl (C=O) groups is 1. The molecule has 3 aliphatic rings. The van der Waals surface area contributed by atoms with Crippen LogP contribution in [0.5, 0.6) is 0 Å². The van der Waals surface area contributed by atoms with E-state index in [0.29, 0.717) is 19.5 Å². The molecular formula is C22H33N3O3S. The molecule has 1 spiro atoms. The highest BCUT2D eigenvalue weighted by Gasteiger charge is 2.47. The molecule has 6 nitrogen and oxygen atoms in total. The number of likely N-dealkylation sites (N-methyl/N-ethyl adjacent to an activating group) is 1. The van der Waals surface area contributed by atoms with E-state index in [4.69, 9.17) is 0 Å². The van der Waals surface area contributed by atoms with E-state index in [9.17, 15) is 13.2 Å². The van der Waals surface area contributed by atoms with Crippen LogP contribution in [0.2, 0.25) is 0 Å². The van der Waals surface area contributed by atoms with E-state index in [1.165, 1.54) is 11.1 Å². The van der Waals surface area contributed by atoms with Gasteiger partial charge in [-0.3, -0.25) is 4.79 Å². The summed E-state index contributed by atoms with van der Waals surface area (Å²) in [7, 11) is -1.03. The van der Waals surface area contributed by atoms with Gasteiger partial charge in [0.15, 0.2) is 0 Å². The first-order valence-corrected chi connectivity index (χ1v) is 12.5. The van der Waals surface area contributed by atoms with E-state index in [-0.39, 0.29) is 23.0 Å². The van der Waals surface area contributed by atoms with Gasteiger partial charge in [-0.1, -0.05) is 24.3 Å². The number of piperidine rings is 1. The number of hydrogen-bond acceptors (Lipinski definition) is 4. The summed E-state index contributed by atoms with van der Waals surface area (Å²) in [4.78, 5) is 17.3. The maximum atomic E-state index is 13.0. The van der Waals surface area contributed by atoms with E-state index in [1.807, 2.05) is 4.90 Å². The van der Waals surface area contributed by atoms with Crippen LogP contribution in [-0.2, 0) is 20.2 Å². The zero-order valence-corrected chi connectivity index (χ0v) is 18.5. The number of rotatable bonds is 4. The lowest BCUT2D eigenvalue weighted by Gasteiger charge is -2.39. The van der Waals surface area contributed by atoms with E-state index < -0.39 is 10.0 Å². The lowest BCUT2D eigenvalue weighted by atomic mass is 9.73. The first kappa shape index (κ1) is 20.8. The highest BCUT2D eigenvalue weighted by atomic mass is 32.2. The third kappa shape index (κ3) is 3.97. The molecule has 2 heterocycles. The molecule has 1 amide bonds. The van der Waals surface area contributed by atoms with E-state index in [1.54, 1.807) is 11.2 Å². The predicted molar refractivity (Wildman–Crippen MR) is 114 cm³/mol. The van der Waals surface area contributed by atoms with Gasteiger partial charge in [0, 0.05) is 45.7 Å². The SMILES string of the molecule is CCS(=O)(=O)N1CCC2(CC1)C[C@@H](CC(=O)N1CCN(C)CC1)c1ccccc12. The molecule has 2 fully saturated rings. The van der Waals surface area contributed by atoms with Crippen LogP contribution < -0.4 is 0 Å². The van der Waals surface area contributed by atoms with Crippen molar-refractivity contribution < 1.29 is 13.2 Å². The number of sulfonamides is 1. The summed E-state index contributed by atoms with van der Waals surface area (Å²) in [6.07, 6.45) is 3.23. The Hall–Kier alpha value is -1.44. The van der Waals surface area contributed by atoms with Gasteiger partial charge < -0.3 is 9.80 Å². The van der Waals surface area contributed by atoms with Gasteiger partial charge in [0.1, 0.15) is 0 Å². The summed E-state index contributed by atoms with van der Waals surface area (Å²) >= 11 is 0. The molecule has 0 radical (unpaired) electrons. The Balaban J connectivity index is 1.49. The van der Waals surface area contributed by atoms with Gasteiger partial charge in [-0.2, -0.15) is 0 Å². The molecule has 1 aromatic carbocycles. The van der Waals surface area contributed by atoms with Crippen LogP contribution in [0.25, 0.3) is 0 Å². The van der Waals surface area contributed by atoms with Gasteiger partial charge in [-0.25, -0.2) is 12.7 Å². The molecule has 0 unspecified atom stereocenters. The highest BCUT2D eigenvalue weighted by molar-refractivity contribution is 7.89. The Morgan fingerprint density at radius 2 is 1.72 bits per heavy atom. The molecule has 1 atom stereocenters. The standard InChI is InChI=1S/C22H33N3O3S/c1-3-29(27,28)25-10-8-22(9-11-25)17-18(19-6-4-5-7-20(19)22)16-21(26)24-14-12-23(2)13-15-24/h4-7,18H,3,8-17H2,1-2H3/t18-/m1/s1. The molecule has 0 N–H and O–H groups in total. The van der Waals surface area contributed by atoms with Crippen molar-refractivity contribution in [2.24, 2.45) is 0 Å². The fourth-order valence-corrected chi connectivity index (χ4v) is 6.56. The Labute approximate surface area is 174 Å². The minimum absolute atomic E-state index is 0.0173. The van der Waals surface area contributed by atoms with Gasteiger partial charge in [-0.15, -0.1) is 0 Å². The maximum Gasteiger partial charge on any atom is 0.223 e. The monoisotopic (exact) mass is 419 g/mol. The van der Waals surface area contributed by atoms with Crippen LogP contribution in [0.15, 0.2) is 24.3 Å². The number of hydrogen-bond donors (Lipinski definition) is 0. The summed E-state index contributed by atoms with van der Waals surface area (Å²) in [6.45, 7) is 6.41. The number of nitrogens with zero attached hydrogens (tertiary/aromatic N) is 3. The highest BCUT2D eigenvalue weighted by Crippen LogP contribution is 2.53. The normalized spacial score (nSPS) is 25.3. The van der Waals surface area contributed by atoms with Crippen molar-refractivity contribution in [1.29, 1.82) is 0 Å². The van der Waals surface area contributed by atoms with Crippen LogP contribution in [0, 0.1) is 0 Å². The molecule has 2 aliphatic heterocycles. The van der Waals surface area contributed by atoms with Gasteiger partial charge in [0.25, 0.3) is 0 Å². The van der Waals surface area contributed by atoms with Crippen LogP contribution >= 0.6 is 0 Å². The third-order valence-corrected chi connectivity index (χ3v) is 9.21. The quantitative estimate of drug-likeness (QED) is 0.749. The Bertz CT molecular complexity index is 854. The zero-order chi connectivity index (χ0) is 20.6. The fourth-order valence-electron chi connectivity index (χ4n) is 5.45. The minimum atomic E-state index is -3.13. The van der Waals surface area contributed by atoms with Crippen molar-refractivity contribution in [1.82, 2.24) is 14.1 Å². The molecule has 29 heavy (non-hydrogen) atoms. The number of amides is 1. The summed E-state index contributed by atoms with van der Waals surface area (Å²) in [5.74, 6) is 0.673. The fraction of sp³-hybridized carbons (Fsp3) is 0.682. The second kappa shape index (κ2) is 8.00. The molecule has 7 heteroatoms. The van der Waals surface area contributed by atoms with Crippen LogP contribution in [-0.4, -0.2) is 80.5 Å². The van der Waals surface area contributed by atoms with Crippen molar-refractivity contribution in [2.45, 2.75) is 43.9 Å². The molecule has 4 rings (SSSR count). The molecular weight excluding hydrogens is 386 g/mol. The molecule has 1 aliphatic carbocycles. The second-order valence-electron chi connectivity index (χ2n) is 8.96. The first-order chi connectivity index (χ1) is 13.8. The molecule has 0 bridgehead atoms. The van der Waals surface area contributed by atoms with E-state index in [0.717, 1.165) is 45.4 Å². The van der Waals surface area contributed by atoms with Crippen molar-refractivity contribution >= 4 is 15.9 Å². The van der Waals surface area contributed by atoms with Gasteiger partial charge >= 0.3 is 0 Å². The van der Waals surface area contributed by atoms with Crippen molar-refractivity contribution in [3.8, 4) is 0 Å². The summed E-state index contributed by atoms with van der Waals surface area (Å²) in [5, 5.41) is 0. The average Bonchev–Trinajstić information content (AvgIpc) is 3.02. The van der Waals surface area contributed by atoms with Crippen molar-refractivity contribution in [2.75, 3.05) is 52.1 Å². The zero-order valence-electron chi connectivity index (χ0n) is 17.6.